The number of aryl methyl sites for hydroxylation is 1. The Morgan fingerprint density at radius 1 is 0.674 bits per heavy atom. The third kappa shape index (κ3) is 14.5. The van der Waals surface area contributed by atoms with E-state index in [0.29, 0.717) is 0 Å². The number of aliphatic imine (C=N–C) groups is 1. The van der Waals surface area contributed by atoms with Crippen LogP contribution < -0.4 is 14.4 Å². The van der Waals surface area contributed by atoms with Crippen LogP contribution in [0, 0.1) is 0 Å². The third-order valence-corrected chi connectivity index (χ3v) is 10.5. The second kappa shape index (κ2) is 22.3. The fraction of sp³-hybridized carbons (Fsp3) is 0.400. The normalized spacial score (nSPS) is 12.2. The third-order valence-electron chi connectivity index (χ3n) is 7.92. The average Bonchev–Trinajstić information content (AvgIpc) is 3.10. The van der Waals surface area contributed by atoms with Gasteiger partial charge in [0.05, 0.1) is 0 Å². The summed E-state index contributed by atoms with van der Waals surface area (Å²) in [5.41, 5.74) is 7.55. The molecule has 0 bridgehead atoms. The zero-order valence-electron chi connectivity index (χ0n) is 28.8. The van der Waals surface area contributed by atoms with Crippen molar-refractivity contribution in [2.75, 3.05) is 55.0 Å². The Labute approximate surface area is 287 Å². The lowest BCUT2D eigenvalue weighted by Gasteiger charge is -2.19. The highest BCUT2D eigenvalue weighted by atomic mass is 33.1. The molecule has 0 saturated carbocycles. The van der Waals surface area contributed by atoms with Crippen molar-refractivity contribution in [1.29, 1.82) is 0 Å². The van der Waals surface area contributed by atoms with Crippen LogP contribution in [0.1, 0.15) is 69.6 Å². The van der Waals surface area contributed by atoms with Crippen molar-refractivity contribution >= 4 is 57.4 Å². The van der Waals surface area contributed by atoms with Gasteiger partial charge in [-0.05, 0) is 98.6 Å². The number of hydrogen-bond acceptors (Lipinski definition) is 5. The number of nitrogens with zero attached hydrogens (tertiary/aromatic N) is 4. The summed E-state index contributed by atoms with van der Waals surface area (Å²) in [5, 5.41) is 0. The molecule has 0 unspecified atom stereocenters. The Hall–Kier alpha value is -3.22. The van der Waals surface area contributed by atoms with Crippen LogP contribution in [0.25, 0.3) is 18.2 Å². The molecule has 0 spiro atoms. The zero-order valence-corrected chi connectivity index (χ0v) is 30.4. The Kier molecular flexibility index (Phi) is 18.1. The molecule has 0 amide bonds. The van der Waals surface area contributed by atoms with Crippen LogP contribution in [-0.2, 0) is 6.54 Å². The highest BCUT2D eigenvalue weighted by Crippen LogP contribution is 2.25. The molecule has 0 aliphatic carbocycles. The largest absolute Gasteiger partial charge is 0.375 e. The molecule has 46 heavy (non-hydrogen) atoms. The zero-order chi connectivity index (χ0) is 32.8. The topological polar surface area (TPSA) is 22.7 Å². The summed E-state index contributed by atoms with van der Waals surface area (Å²) in [7, 11) is 8.48. The van der Waals surface area contributed by atoms with Gasteiger partial charge in [-0.25, -0.2) is 4.57 Å². The van der Waals surface area contributed by atoms with Gasteiger partial charge in [0, 0.05) is 75.0 Å². The number of benzene rings is 2. The summed E-state index contributed by atoms with van der Waals surface area (Å²) < 4.78 is 2.18. The number of rotatable bonds is 21. The van der Waals surface area contributed by atoms with Crippen molar-refractivity contribution in [3.63, 3.8) is 0 Å². The Morgan fingerprint density at radius 2 is 1.17 bits per heavy atom. The first-order valence-corrected chi connectivity index (χ1v) is 19.4. The van der Waals surface area contributed by atoms with Gasteiger partial charge in [-0.2, -0.15) is 0 Å². The molecule has 0 saturated heterocycles. The van der Waals surface area contributed by atoms with Gasteiger partial charge in [0.2, 0.25) is 0 Å². The molecular weight excluding hydrogens is 601 g/mol. The molecule has 6 heteroatoms. The molecule has 3 aromatic rings. The van der Waals surface area contributed by atoms with Crippen LogP contribution in [0.15, 0.2) is 95.8 Å². The summed E-state index contributed by atoms with van der Waals surface area (Å²) in [6.07, 6.45) is 23.0. The maximum Gasteiger partial charge on any atom is 0.169 e. The maximum absolute atomic E-state index is 4.28. The van der Waals surface area contributed by atoms with E-state index in [2.05, 4.69) is 158 Å². The van der Waals surface area contributed by atoms with E-state index in [4.69, 9.17) is 0 Å². The molecule has 2 aromatic carbocycles. The van der Waals surface area contributed by atoms with E-state index < -0.39 is 0 Å². The molecular formula is C40H55N4S2+. The summed E-state index contributed by atoms with van der Waals surface area (Å²) in [5.74, 6) is 2.45. The van der Waals surface area contributed by atoms with Crippen molar-refractivity contribution in [3.8, 4) is 0 Å². The molecule has 0 radical (unpaired) electrons. The number of allylic oxidation sites excluding steroid dienone is 3. The lowest BCUT2D eigenvalue weighted by atomic mass is 10.1. The van der Waals surface area contributed by atoms with E-state index in [9.17, 15) is 0 Å². The Balaban J connectivity index is 1.22. The molecule has 0 aliphatic rings. The molecule has 4 nitrogen and oxygen atoms in total. The van der Waals surface area contributed by atoms with E-state index >= 15 is 0 Å². The quantitative estimate of drug-likeness (QED) is 0.0375. The van der Waals surface area contributed by atoms with Gasteiger partial charge in [0.15, 0.2) is 12.4 Å². The van der Waals surface area contributed by atoms with E-state index in [-0.39, 0.29) is 0 Å². The molecule has 0 aliphatic heterocycles. The Morgan fingerprint density at radius 3 is 1.65 bits per heavy atom. The van der Waals surface area contributed by atoms with Crippen molar-refractivity contribution in [2.45, 2.75) is 59.4 Å². The number of unbranched alkanes of at least 4 members (excludes halogenated alkanes) is 2. The van der Waals surface area contributed by atoms with Gasteiger partial charge in [-0.3, -0.25) is 4.99 Å². The predicted octanol–water partition coefficient (Wildman–Crippen LogP) is 10.1. The van der Waals surface area contributed by atoms with Crippen molar-refractivity contribution < 1.29 is 4.57 Å². The van der Waals surface area contributed by atoms with Gasteiger partial charge < -0.3 is 9.80 Å². The lowest BCUT2D eigenvalue weighted by Crippen LogP contribution is -2.30. The number of hydrogen-bond donors (Lipinski definition) is 0. The van der Waals surface area contributed by atoms with Crippen LogP contribution in [0.2, 0.25) is 0 Å². The molecule has 3 rings (SSSR count). The van der Waals surface area contributed by atoms with Gasteiger partial charge >= 0.3 is 0 Å². The van der Waals surface area contributed by atoms with E-state index in [1.54, 1.807) is 0 Å². The Bertz CT molecular complexity index is 1360. The fourth-order valence-electron chi connectivity index (χ4n) is 4.81. The van der Waals surface area contributed by atoms with Crippen LogP contribution in [0.3, 0.4) is 0 Å². The first-order valence-electron chi connectivity index (χ1n) is 16.9. The van der Waals surface area contributed by atoms with Crippen molar-refractivity contribution in [3.05, 3.63) is 107 Å². The van der Waals surface area contributed by atoms with E-state index in [0.717, 1.165) is 32.6 Å². The van der Waals surface area contributed by atoms with Gasteiger partial charge in [0.25, 0.3) is 0 Å². The van der Waals surface area contributed by atoms with Gasteiger partial charge in [0.1, 0.15) is 6.54 Å². The smallest absolute Gasteiger partial charge is 0.169 e. The highest BCUT2D eigenvalue weighted by molar-refractivity contribution is 8.76. The SMILES string of the molecule is CCN=C/C=C(/C=C/c1ccc(N(C)CCCCSSCCCCN(C)c2ccc(C=Cc3cc[n+](CC)cc3)cc2)cc1)CC. The molecule has 1 aromatic heterocycles. The number of aromatic nitrogens is 1. The van der Waals surface area contributed by atoms with Crippen LogP contribution >= 0.6 is 21.6 Å². The van der Waals surface area contributed by atoms with Crippen LogP contribution in [0.4, 0.5) is 11.4 Å². The minimum absolute atomic E-state index is 0.828. The average molecular weight is 656 g/mol. The van der Waals surface area contributed by atoms with E-state index in [1.807, 2.05) is 27.8 Å². The fourth-order valence-corrected chi connectivity index (χ4v) is 7.10. The molecule has 0 N–H and O–H groups in total. The molecule has 0 atom stereocenters. The van der Waals surface area contributed by atoms with Crippen molar-refractivity contribution in [1.82, 2.24) is 0 Å². The number of anilines is 2. The predicted molar refractivity (Wildman–Crippen MR) is 210 cm³/mol. The summed E-state index contributed by atoms with van der Waals surface area (Å²) in [4.78, 5) is 9.03. The first kappa shape index (κ1) is 37.2. The van der Waals surface area contributed by atoms with Crippen LogP contribution in [-0.4, -0.2) is 51.4 Å². The van der Waals surface area contributed by atoms with Crippen LogP contribution in [0.5, 0.6) is 0 Å². The summed E-state index contributed by atoms with van der Waals surface area (Å²) in [6, 6.07) is 22.1. The van der Waals surface area contributed by atoms with Gasteiger partial charge in [-0.1, -0.05) is 77.1 Å². The molecule has 1 heterocycles. The maximum atomic E-state index is 4.28. The number of pyridine rings is 1. The first-order chi connectivity index (χ1) is 22.5. The lowest BCUT2D eigenvalue weighted by molar-refractivity contribution is -0.693. The molecule has 246 valence electrons. The highest BCUT2D eigenvalue weighted by Gasteiger charge is 2.03. The van der Waals surface area contributed by atoms with Gasteiger partial charge in [-0.15, -0.1) is 0 Å². The van der Waals surface area contributed by atoms with Crippen molar-refractivity contribution in [2.24, 2.45) is 4.99 Å². The summed E-state index contributed by atoms with van der Waals surface area (Å²) >= 11 is 0. The monoisotopic (exact) mass is 655 g/mol. The second-order valence-corrected chi connectivity index (χ2v) is 14.2. The standard InChI is InChI=1S/C40H55N4S2/c1-6-35(25-28-41-7-2)13-14-36-17-21-39(22-18-36)42(4)29-9-11-33-45-46-34-12-10-30-43(5)40-23-19-37(20-24-40)15-16-38-26-31-44(8-3)32-27-38/h13-28,31-32H,6-12,29-30,33-34H2,1-5H3/q+1/b14-13+,35-25+,41-28?. The second-order valence-electron chi connectivity index (χ2n) is 11.5. The summed E-state index contributed by atoms with van der Waals surface area (Å²) in [6.45, 7) is 10.4. The minimum atomic E-state index is 0.828. The molecule has 0 fully saturated rings. The van der Waals surface area contributed by atoms with E-state index in [1.165, 1.54) is 70.8 Å². The minimum Gasteiger partial charge on any atom is -0.375 e.